The van der Waals surface area contributed by atoms with Crippen LogP contribution in [0.25, 0.3) is 0 Å². The zero-order valence-corrected chi connectivity index (χ0v) is 8.44. The maximum Gasteiger partial charge on any atom is 0.102 e. The third kappa shape index (κ3) is 7.95. The molecule has 0 saturated carbocycles. The minimum atomic E-state index is -0.270. The van der Waals surface area contributed by atoms with Crippen LogP contribution >= 0.6 is 0 Å². The molecule has 3 heteroatoms. The fourth-order valence-electron chi connectivity index (χ4n) is 1.18. The van der Waals surface area contributed by atoms with Crippen molar-refractivity contribution in [2.75, 3.05) is 39.9 Å². The highest BCUT2D eigenvalue weighted by Gasteiger charge is 1.99. The van der Waals surface area contributed by atoms with E-state index < -0.39 is 0 Å². The summed E-state index contributed by atoms with van der Waals surface area (Å²) in [6.07, 6.45) is 0. The standard InChI is InChI=1S/C9H21FN2/c1-9(2)8-12(3)7-6-11-5-4-10/h9,11H,4-8H2,1-3H3. The Hall–Kier alpha value is -0.150. The quantitative estimate of drug-likeness (QED) is 0.585. The first-order chi connectivity index (χ1) is 5.66. The number of hydrogen-bond donors (Lipinski definition) is 1. The highest BCUT2D eigenvalue weighted by atomic mass is 19.1. The first-order valence-electron chi connectivity index (χ1n) is 4.62. The van der Waals surface area contributed by atoms with E-state index in [0.717, 1.165) is 19.6 Å². The summed E-state index contributed by atoms with van der Waals surface area (Å²) in [5.74, 6) is 0.705. The van der Waals surface area contributed by atoms with E-state index in [4.69, 9.17) is 0 Å². The number of hydrogen-bond acceptors (Lipinski definition) is 2. The lowest BCUT2D eigenvalue weighted by molar-refractivity contribution is 0.293. The van der Waals surface area contributed by atoms with Crippen molar-refractivity contribution in [3.05, 3.63) is 0 Å². The molecule has 0 aromatic rings. The van der Waals surface area contributed by atoms with Gasteiger partial charge in [-0.25, -0.2) is 4.39 Å². The van der Waals surface area contributed by atoms with Crippen LogP contribution < -0.4 is 5.32 Å². The van der Waals surface area contributed by atoms with Crippen LogP contribution in [-0.2, 0) is 0 Å². The van der Waals surface area contributed by atoms with Gasteiger partial charge in [-0.2, -0.15) is 0 Å². The van der Waals surface area contributed by atoms with Gasteiger partial charge in [0.15, 0.2) is 0 Å². The molecule has 0 rings (SSSR count). The van der Waals surface area contributed by atoms with Gasteiger partial charge in [0.2, 0.25) is 0 Å². The number of likely N-dealkylation sites (N-methyl/N-ethyl adjacent to an activating group) is 1. The van der Waals surface area contributed by atoms with E-state index in [1.807, 2.05) is 0 Å². The van der Waals surface area contributed by atoms with E-state index in [-0.39, 0.29) is 6.67 Å². The average molecular weight is 176 g/mol. The van der Waals surface area contributed by atoms with Gasteiger partial charge in [0, 0.05) is 26.2 Å². The van der Waals surface area contributed by atoms with Gasteiger partial charge in [-0.1, -0.05) is 13.8 Å². The Bertz CT molecular complexity index is 96.5. The zero-order valence-electron chi connectivity index (χ0n) is 8.44. The van der Waals surface area contributed by atoms with E-state index in [1.54, 1.807) is 0 Å². The lowest BCUT2D eigenvalue weighted by atomic mass is 10.2. The summed E-state index contributed by atoms with van der Waals surface area (Å²) in [5, 5.41) is 3.02. The van der Waals surface area contributed by atoms with Crippen LogP contribution in [-0.4, -0.2) is 44.8 Å². The molecular weight excluding hydrogens is 155 g/mol. The summed E-state index contributed by atoms with van der Waals surface area (Å²) in [6.45, 7) is 7.60. The molecule has 0 aromatic carbocycles. The Balaban J connectivity index is 3.14. The van der Waals surface area contributed by atoms with Crippen molar-refractivity contribution in [1.29, 1.82) is 0 Å². The summed E-state index contributed by atoms with van der Waals surface area (Å²) < 4.78 is 11.7. The predicted molar refractivity (Wildman–Crippen MR) is 51.2 cm³/mol. The monoisotopic (exact) mass is 176 g/mol. The molecular formula is C9H21FN2. The number of alkyl halides is 1. The van der Waals surface area contributed by atoms with Gasteiger partial charge in [-0.15, -0.1) is 0 Å². The Morgan fingerprint density at radius 3 is 2.50 bits per heavy atom. The maximum atomic E-state index is 11.7. The molecule has 0 unspecified atom stereocenters. The third-order valence-electron chi connectivity index (χ3n) is 1.62. The molecule has 0 aliphatic carbocycles. The van der Waals surface area contributed by atoms with E-state index in [1.165, 1.54) is 0 Å². The Morgan fingerprint density at radius 1 is 1.33 bits per heavy atom. The van der Waals surface area contributed by atoms with Crippen LogP contribution in [0, 0.1) is 5.92 Å². The molecule has 0 heterocycles. The predicted octanol–water partition coefficient (Wildman–Crippen LogP) is 1.13. The van der Waals surface area contributed by atoms with Crippen molar-refractivity contribution in [3.8, 4) is 0 Å². The van der Waals surface area contributed by atoms with E-state index >= 15 is 0 Å². The van der Waals surface area contributed by atoms with Crippen LogP contribution in [0.15, 0.2) is 0 Å². The van der Waals surface area contributed by atoms with Gasteiger partial charge >= 0.3 is 0 Å². The maximum absolute atomic E-state index is 11.7. The minimum Gasteiger partial charge on any atom is -0.313 e. The average Bonchev–Trinajstić information content (AvgIpc) is 1.97. The van der Waals surface area contributed by atoms with Crippen LogP contribution in [0.4, 0.5) is 4.39 Å². The zero-order chi connectivity index (χ0) is 9.40. The summed E-state index contributed by atoms with van der Waals surface area (Å²) in [4.78, 5) is 2.26. The molecule has 2 nitrogen and oxygen atoms in total. The van der Waals surface area contributed by atoms with Crippen molar-refractivity contribution in [1.82, 2.24) is 10.2 Å². The SMILES string of the molecule is CC(C)CN(C)CCNCCF. The minimum absolute atomic E-state index is 0.270. The number of nitrogens with zero attached hydrogens (tertiary/aromatic N) is 1. The molecule has 0 aliphatic rings. The van der Waals surface area contributed by atoms with Crippen molar-refractivity contribution >= 4 is 0 Å². The van der Waals surface area contributed by atoms with Crippen molar-refractivity contribution < 1.29 is 4.39 Å². The first kappa shape index (κ1) is 11.8. The summed E-state index contributed by atoms with van der Waals surface area (Å²) >= 11 is 0. The topological polar surface area (TPSA) is 15.3 Å². The van der Waals surface area contributed by atoms with Gasteiger partial charge < -0.3 is 10.2 Å². The van der Waals surface area contributed by atoms with Crippen LogP contribution in [0.1, 0.15) is 13.8 Å². The van der Waals surface area contributed by atoms with Gasteiger partial charge in [0.1, 0.15) is 6.67 Å². The summed E-state index contributed by atoms with van der Waals surface area (Å²) in [5.41, 5.74) is 0. The molecule has 0 aromatic heterocycles. The van der Waals surface area contributed by atoms with Crippen LogP contribution in [0.2, 0.25) is 0 Å². The lowest BCUT2D eigenvalue weighted by Crippen LogP contribution is -2.32. The van der Waals surface area contributed by atoms with Gasteiger partial charge in [-0.05, 0) is 13.0 Å². The van der Waals surface area contributed by atoms with Gasteiger partial charge in [0.25, 0.3) is 0 Å². The molecule has 0 atom stereocenters. The molecule has 0 saturated heterocycles. The Labute approximate surface area is 75.1 Å². The van der Waals surface area contributed by atoms with E-state index in [0.29, 0.717) is 12.5 Å². The molecule has 74 valence electrons. The van der Waals surface area contributed by atoms with Crippen LogP contribution in [0.3, 0.4) is 0 Å². The molecule has 12 heavy (non-hydrogen) atoms. The fraction of sp³-hybridized carbons (Fsp3) is 1.00. The Morgan fingerprint density at radius 2 is 2.00 bits per heavy atom. The second-order valence-corrected chi connectivity index (χ2v) is 3.60. The molecule has 1 N–H and O–H groups in total. The number of rotatable bonds is 7. The number of halogens is 1. The second kappa shape index (κ2) is 7.50. The molecule has 0 radical (unpaired) electrons. The highest BCUT2D eigenvalue weighted by molar-refractivity contribution is 4.56. The van der Waals surface area contributed by atoms with E-state index in [9.17, 15) is 4.39 Å². The number of nitrogens with one attached hydrogen (secondary N) is 1. The smallest absolute Gasteiger partial charge is 0.102 e. The van der Waals surface area contributed by atoms with Crippen molar-refractivity contribution in [3.63, 3.8) is 0 Å². The first-order valence-corrected chi connectivity index (χ1v) is 4.62. The Kier molecular flexibility index (Phi) is 7.40. The highest BCUT2D eigenvalue weighted by Crippen LogP contribution is 1.93. The van der Waals surface area contributed by atoms with Crippen molar-refractivity contribution in [2.45, 2.75) is 13.8 Å². The second-order valence-electron chi connectivity index (χ2n) is 3.60. The lowest BCUT2D eigenvalue weighted by Gasteiger charge is -2.18. The summed E-state index contributed by atoms with van der Waals surface area (Å²) in [7, 11) is 2.09. The normalized spacial score (nSPS) is 11.5. The fourth-order valence-corrected chi connectivity index (χ4v) is 1.18. The van der Waals surface area contributed by atoms with Crippen LogP contribution in [0.5, 0.6) is 0 Å². The molecule has 0 amide bonds. The molecule has 0 aliphatic heterocycles. The molecule has 0 spiro atoms. The summed E-state index contributed by atoms with van der Waals surface area (Å²) in [6, 6.07) is 0. The van der Waals surface area contributed by atoms with E-state index in [2.05, 4.69) is 31.1 Å². The molecule has 0 fully saturated rings. The van der Waals surface area contributed by atoms with Gasteiger partial charge in [0.05, 0.1) is 0 Å². The van der Waals surface area contributed by atoms with Gasteiger partial charge in [-0.3, -0.25) is 0 Å². The largest absolute Gasteiger partial charge is 0.313 e. The molecule has 0 bridgehead atoms. The third-order valence-corrected chi connectivity index (χ3v) is 1.62. The van der Waals surface area contributed by atoms with Crippen molar-refractivity contribution in [2.24, 2.45) is 5.92 Å².